The molecule has 3 unspecified atom stereocenters. The molecule has 2 aliphatic rings. The van der Waals surface area contributed by atoms with Crippen LogP contribution in [0, 0.1) is 11.3 Å². The molecule has 2 N–H and O–H groups in total. The number of nitriles is 1. The van der Waals surface area contributed by atoms with Gasteiger partial charge in [0, 0.05) is 43.6 Å². The number of piperazine rings is 1. The SMILES string of the molecule is CCC1CN(CC(N)C(=O)N2CCCC2C#N)CCN1C(=O)Cc1cccs1. The highest BCUT2D eigenvalue weighted by molar-refractivity contribution is 7.10. The van der Waals surface area contributed by atoms with Crippen LogP contribution in [0.1, 0.15) is 31.1 Å². The standard InChI is InChI=1S/C20H29N5O2S/c1-2-15-13-23(8-9-24(15)19(26)11-17-6-4-10-28-17)14-18(22)20(27)25-7-3-5-16(25)12-21/h4,6,10,15-16,18H,2-3,5,7-9,11,13-14,22H2,1H3. The molecule has 1 aromatic heterocycles. The van der Waals surface area contributed by atoms with Gasteiger partial charge in [-0.3, -0.25) is 14.5 Å². The van der Waals surface area contributed by atoms with E-state index in [4.69, 9.17) is 5.73 Å². The fraction of sp³-hybridized carbons (Fsp3) is 0.650. The highest BCUT2D eigenvalue weighted by Crippen LogP contribution is 2.19. The maximum Gasteiger partial charge on any atom is 0.241 e. The van der Waals surface area contributed by atoms with Crippen LogP contribution in [0.5, 0.6) is 0 Å². The van der Waals surface area contributed by atoms with Crippen molar-refractivity contribution in [1.29, 1.82) is 5.26 Å². The lowest BCUT2D eigenvalue weighted by molar-refractivity contribution is -0.137. The molecule has 0 spiro atoms. The first kappa shape index (κ1) is 20.8. The molecule has 152 valence electrons. The molecule has 8 heteroatoms. The van der Waals surface area contributed by atoms with Gasteiger partial charge >= 0.3 is 0 Å². The minimum absolute atomic E-state index is 0.131. The molecule has 7 nitrogen and oxygen atoms in total. The highest BCUT2D eigenvalue weighted by Gasteiger charge is 2.34. The summed E-state index contributed by atoms with van der Waals surface area (Å²) < 4.78 is 0. The first-order valence-corrected chi connectivity index (χ1v) is 10.9. The van der Waals surface area contributed by atoms with E-state index >= 15 is 0 Å². The van der Waals surface area contributed by atoms with Crippen LogP contribution >= 0.6 is 11.3 Å². The lowest BCUT2D eigenvalue weighted by Gasteiger charge is -2.42. The van der Waals surface area contributed by atoms with Crippen LogP contribution in [0.4, 0.5) is 0 Å². The van der Waals surface area contributed by atoms with E-state index in [1.54, 1.807) is 16.2 Å². The van der Waals surface area contributed by atoms with Crippen molar-refractivity contribution in [2.24, 2.45) is 5.73 Å². The number of thiophene rings is 1. The lowest BCUT2D eigenvalue weighted by Crippen LogP contribution is -2.59. The Hall–Kier alpha value is -1.95. The van der Waals surface area contributed by atoms with E-state index < -0.39 is 6.04 Å². The van der Waals surface area contributed by atoms with Gasteiger partial charge in [0.1, 0.15) is 6.04 Å². The molecule has 3 atom stereocenters. The van der Waals surface area contributed by atoms with Crippen LogP contribution in [0.2, 0.25) is 0 Å². The molecule has 0 bridgehead atoms. The fourth-order valence-corrected chi connectivity index (χ4v) is 4.86. The summed E-state index contributed by atoms with van der Waals surface area (Å²) in [6.07, 6.45) is 2.92. The van der Waals surface area contributed by atoms with Crippen LogP contribution in [0.25, 0.3) is 0 Å². The summed E-state index contributed by atoms with van der Waals surface area (Å²) in [5, 5.41) is 11.2. The Bertz CT molecular complexity index is 717. The summed E-state index contributed by atoms with van der Waals surface area (Å²) in [7, 11) is 0. The van der Waals surface area contributed by atoms with Gasteiger partial charge in [0.05, 0.1) is 18.5 Å². The van der Waals surface area contributed by atoms with Crippen molar-refractivity contribution in [2.75, 3.05) is 32.7 Å². The minimum atomic E-state index is -0.625. The van der Waals surface area contributed by atoms with E-state index in [0.717, 1.165) is 37.2 Å². The molecule has 2 amide bonds. The van der Waals surface area contributed by atoms with Crippen LogP contribution in [0.3, 0.4) is 0 Å². The number of rotatable bonds is 6. The second-order valence-electron chi connectivity index (χ2n) is 7.59. The second-order valence-corrected chi connectivity index (χ2v) is 8.62. The fourth-order valence-electron chi connectivity index (χ4n) is 4.16. The molecule has 2 aliphatic heterocycles. The van der Waals surface area contributed by atoms with Gasteiger partial charge in [0.15, 0.2) is 0 Å². The third kappa shape index (κ3) is 4.72. The van der Waals surface area contributed by atoms with E-state index in [-0.39, 0.29) is 23.9 Å². The van der Waals surface area contributed by atoms with E-state index in [9.17, 15) is 14.9 Å². The van der Waals surface area contributed by atoms with Gasteiger partial charge in [-0.05, 0) is 30.7 Å². The molecule has 2 saturated heterocycles. The van der Waals surface area contributed by atoms with E-state index in [1.807, 2.05) is 22.4 Å². The molecule has 0 radical (unpaired) electrons. The van der Waals surface area contributed by atoms with Crippen molar-refractivity contribution < 1.29 is 9.59 Å². The largest absolute Gasteiger partial charge is 0.337 e. The van der Waals surface area contributed by atoms with Crippen LogP contribution in [0.15, 0.2) is 17.5 Å². The van der Waals surface area contributed by atoms with E-state index in [2.05, 4.69) is 17.9 Å². The number of hydrogen-bond donors (Lipinski definition) is 1. The number of carbonyl (C=O) groups is 2. The predicted molar refractivity (Wildman–Crippen MR) is 109 cm³/mol. The van der Waals surface area contributed by atoms with Crippen LogP contribution in [-0.2, 0) is 16.0 Å². The molecule has 2 fully saturated rings. The average molecular weight is 404 g/mol. The van der Waals surface area contributed by atoms with Gasteiger partial charge < -0.3 is 15.5 Å². The Kier molecular flexibility index (Phi) is 7.05. The first-order chi connectivity index (χ1) is 13.5. The van der Waals surface area contributed by atoms with E-state index in [1.165, 1.54) is 0 Å². The van der Waals surface area contributed by atoms with Crippen molar-refractivity contribution in [3.63, 3.8) is 0 Å². The normalized spacial score (nSPS) is 24.2. The Morgan fingerprint density at radius 3 is 2.86 bits per heavy atom. The summed E-state index contributed by atoms with van der Waals surface area (Å²) in [6.45, 7) is 5.29. The first-order valence-electron chi connectivity index (χ1n) is 10.0. The minimum Gasteiger partial charge on any atom is -0.337 e. The summed E-state index contributed by atoms with van der Waals surface area (Å²) in [5.41, 5.74) is 6.20. The molecule has 0 aliphatic carbocycles. The molecule has 0 aromatic carbocycles. The molecular formula is C20H29N5O2S. The average Bonchev–Trinajstić information content (AvgIpc) is 3.38. The number of nitrogens with two attached hydrogens (primary N) is 1. The Balaban J connectivity index is 1.53. The Morgan fingerprint density at radius 1 is 1.36 bits per heavy atom. The van der Waals surface area contributed by atoms with Gasteiger partial charge in [-0.25, -0.2) is 0 Å². The zero-order chi connectivity index (χ0) is 20.1. The van der Waals surface area contributed by atoms with Gasteiger partial charge in [0.2, 0.25) is 11.8 Å². The summed E-state index contributed by atoms with van der Waals surface area (Å²) in [5.74, 6) is 0.0385. The molecule has 3 rings (SSSR count). The van der Waals surface area contributed by atoms with E-state index in [0.29, 0.717) is 26.1 Å². The van der Waals surface area contributed by atoms with Crippen LogP contribution < -0.4 is 5.73 Å². The molecular weight excluding hydrogens is 374 g/mol. The van der Waals surface area contributed by atoms with Crippen molar-refractivity contribution in [3.05, 3.63) is 22.4 Å². The number of carbonyl (C=O) groups excluding carboxylic acids is 2. The lowest BCUT2D eigenvalue weighted by atomic mass is 10.1. The Labute approximate surface area is 170 Å². The topological polar surface area (TPSA) is 93.7 Å². The van der Waals surface area contributed by atoms with Crippen molar-refractivity contribution in [2.45, 2.75) is 50.7 Å². The number of amides is 2. The quantitative estimate of drug-likeness (QED) is 0.766. The van der Waals surface area contributed by atoms with Gasteiger partial charge in [-0.2, -0.15) is 5.26 Å². The van der Waals surface area contributed by atoms with Gasteiger partial charge in [0.25, 0.3) is 0 Å². The Morgan fingerprint density at radius 2 is 2.18 bits per heavy atom. The van der Waals surface area contributed by atoms with Crippen molar-refractivity contribution in [3.8, 4) is 6.07 Å². The van der Waals surface area contributed by atoms with Gasteiger partial charge in [-0.15, -0.1) is 11.3 Å². The van der Waals surface area contributed by atoms with Crippen molar-refractivity contribution >= 4 is 23.2 Å². The number of likely N-dealkylation sites (tertiary alicyclic amines) is 1. The smallest absolute Gasteiger partial charge is 0.241 e. The third-order valence-electron chi connectivity index (χ3n) is 5.72. The summed E-state index contributed by atoms with van der Waals surface area (Å²) in [4.78, 5) is 32.2. The molecule has 28 heavy (non-hydrogen) atoms. The monoisotopic (exact) mass is 403 g/mol. The van der Waals surface area contributed by atoms with Crippen molar-refractivity contribution in [1.82, 2.24) is 14.7 Å². The number of nitrogens with zero attached hydrogens (tertiary/aromatic N) is 4. The maximum absolute atomic E-state index is 12.7. The zero-order valence-electron chi connectivity index (χ0n) is 16.4. The van der Waals surface area contributed by atoms with Crippen LogP contribution in [-0.4, -0.2) is 77.4 Å². The summed E-state index contributed by atoms with van der Waals surface area (Å²) >= 11 is 1.61. The molecule has 0 saturated carbocycles. The number of hydrogen-bond acceptors (Lipinski definition) is 6. The summed E-state index contributed by atoms with van der Waals surface area (Å²) in [6, 6.07) is 5.34. The highest BCUT2D eigenvalue weighted by atomic mass is 32.1. The maximum atomic E-state index is 12.7. The van der Waals surface area contributed by atoms with Gasteiger partial charge in [-0.1, -0.05) is 13.0 Å². The second kappa shape index (κ2) is 9.50. The molecule has 3 heterocycles. The third-order valence-corrected chi connectivity index (χ3v) is 6.60. The zero-order valence-corrected chi connectivity index (χ0v) is 17.2. The molecule has 1 aromatic rings. The predicted octanol–water partition coefficient (Wildman–Crippen LogP) is 1.06.